The second-order valence-corrected chi connectivity index (χ2v) is 5.49. The third-order valence-electron chi connectivity index (χ3n) is 3.49. The Bertz CT molecular complexity index is 253. The van der Waals surface area contributed by atoms with Crippen molar-refractivity contribution in [2.75, 3.05) is 0 Å². The zero-order chi connectivity index (χ0) is 15.2. The molecule has 0 aromatic rings. The Morgan fingerprint density at radius 3 is 2.20 bits per heavy atom. The van der Waals surface area contributed by atoms with Gasteiger partial charge in [0.15, 0.2) is 6.23 Å². The molecule has 0 saturated carbocycles. The molecule has 118 valence electrons. The van der Waals surface area contributed by atoms with E-state index < -0.39 is 0 Å². The number of hydrogen-bond acceptors (Lipinski definition) is 3. The third kappa shape index (κ3) is 11.0. The Kier molecular flexibility index (Phi) is 12.6. The van der Waals surface area contributed by atoms with Gasteiger partial charge in [-0.2, -0.15) is 0 Å². The highest BCUT2D eigenvalue weighted by Crippen LogP contribution is 2.12. The van der Waals surface area contributed by atoms with Crippen molar-refractivity contribution in [1.82, 2.24) is 5.32 Å². The molecule has 0 saturated heterocycles. The predicted molar refractivity (Wildman–Crippen MR) is 85.6 cm³/mol. The monoisotopic (exact) mass is 283 g/mol. The molecule has 0 aliphatic rings. The number of nitrogens with one attached hydrogen (secondary N) is 1. The molecule has 0 aliphatic carbocycles. The van der Waals surface area contributed by atoms with Crippen molar-refractivity contribution in [1.29, 1.82) is 0 Å². The van der Waals surface area contributed by atoms with Gasteiger partial charge in [-0.15, -0.1) is 0 Å². The fourth-order valence-electron chi connectivity index (χ4n) is 2.36. The first kappa shape index (κ1) is 19.2. The summed E-state index contributed by atoms with van der Waals surface area (Å²) in [5.41, 5.74) is 0. The van der Waals surface area contributed by atoms with Crippen LogP contribution in [0.4, 0.5) is 0 Å². The summed E-state index contributed by atoms with van der Waals surface area (Å²) in [7, 11) is 0. The SMILES string of the molecule is C=CC(=O)OC(C)NC(CCCCC)CCCCCC. The average molecular weight is 283 g/mol. The van der Waals surface area contributed by atoms with E-state index in [1.807, 2.05) is 6.92 Å². The van der Waals surface area contributed by atoms with Gasteiger partial charge in [-0.05, 0) is 19.8 Å². The van der Waals surface area contributed by atoms with Crippen LogP contribution in [0.3, 0.4) is 0 Å². The first-order valence-electron chi connectivity index (χ1n) is 8.23. The van der Waals surface area contributed by atoms with E-state index in [1.165, 1.54) is 57.4 Å². The topological polar surface area (TPSA) is 38.3 Å². The highest BCUT2D eigenvalue weighted by molar-refractivity contribution is 5.81. The molecule has 3 heteroatoms. The Balaban J connectivity index is 4.06. The van der Waals surface area contributed by atoms with E-state index in [0.717, 1.165) is 6.42 Å². The Morgan fingerprint density at radius 1 is 1.10 bits per heavy atom. The summed E-state index contributed by atoms with van der Waals surface area (Å²) in [5, 5.41) is 3.43. The molecule has 0 aliphatic heterocycles. The molecule has 20 heavy (non-hydrogen) atoms. The van der Waals surface area contributed by atoms with Crippen LogP contribution in [0.5, 0.6) is 0 Å². The summed E-state index contributed by atoms with van der Waals surface area (Å²) in [6, 6.07) is 0.450. The van der Waals surface area contributed by atoms with Gasteiger partial charge in [0, 0.05) is 12.1 Å². The average Bonchev–Trinajstić information content (AvgIpc) is 2.43. The van der Waals surface area contributed by atoms with Crippen LogP contribution in [0.2, 0.25) is 0 Å². The zero-order valence-electron chi connectivity index (χ0n) is 13.6. The number of carbonyl (C=O) groups is 1. The molecule has 3 nitrogen and oxygen atoms in total. The lowest BCUT2D eigenvalue weighted by Gasteiger charge is -2.23. The highest BCUT2D eigenvalue weighted by Gasteiger charge is 2.13. The van der Waals surface area contributed by atoms with Crippen LogP contribution in [0.15, 0.2) is 12.7 Å². The molecular weight excluding hydrogens is 250 g/mol. The van der Waals surface area contributed by atoms with Gasteiger partial charge < -0.3 is 4.74 Å². The molecular formula is C17H33NO2. The normalized spacial score (nSPS) is 13.8. The summed E-state index contributed by atoms with van der Waals surface area (Å²) >= 11 is 0. The molecule has 2 unspecified atom stereocenters. The maximum Gasteiger partial charge on any atom is 0.331 e. The first-order valence-corrected chi connectivity index (χ1v) is 8.23. The van der Waals surface area contributed by atoms with Crippen LogP contribution in [0.25, 0.3) is 0 Å². The zero-order valence-corrected chi connectivity index (χ0v) is 13.6. The Labute approximate surface area is 125 Å². The van der Waals surface area contributed by atoms with Crippen LogP contribution in [0.1, 0.15) is 78.6 Å². The molecule has 0 aromatic carbocycles. The quantitative estimate of drug-likeness (QED) is 0.233. The number of ether oxygens (including phenoxy) is 1. The molecule has 0 radical (unpaired) electrons. The molecule has 0 amide bonds. The fraction of sp³-hybridized carbons (Fsp3) is 0.824. The van der Waals surface area contributed by atoms with Crippen LogP contribution in [-0.2, 0) is 9.53 Å². The lowest BCUT2D eigenvalue weighted by atomic mass is 10.0. The molecule has 0 bridgehead atoms. The van der Waals surface area contributed by atoms with Gasteiger partial charge in [-0.25, -0.2) is 4.79 Å². The van der Waals surface area contributed by atoms with Gasteiger partial charge in [0.1, 0.15) is 0 Å². The maximum atomic E-state index is 11.2. The number of rotatable bonds is 13. The van der Waals surface area contributed by atoms with Gasteiger partial charge in [0.2, 0.25) is 0 Å². The summed E-state index contributed by atoms with van der Waals surface area (Å²) in [5.74, 6) is -0.358. The van der Waals surface area contributed by atoms with E-state index in [9.17, 15) is 4.79 Å². The van der Waals surface area contributed by atoms with Gasteiger partial charge in [0.05, 0.1) is 0 Å². The fourth-order valence-corrected chi connectivity index (χ4v) is 2.36. The van der Waals surface area contributed by atoms with Crippen molar-refractivity contribution >= 4 is 5.97 Å². The van der Waals surface area contributed by atoms with E-state index in [1.54, 1.807) is 0 Å². The Hall–Kier alpha value is -0.830. The van der Waals surface area contributed by atoms with E-state index in [4.69, 9.17) is 4.74 Å². The van der Waals surface area contributed by atoms with Gasteiger partial charge >= 0.3 is 5.97 Å². The van der Waals surface area contributed by atoms with Gasteiger partial charge in [-0.3, -0.25) is 5.32 Å². The molecule has 0 rings (SSSR count). The van der Waals surface area contributed by atoms with Crippen LogP contribution in [0, 0.1) is 0 Å². The highest BCUT2D eigenvalue weighted by atomic mass is 16.6. The van der Waals surface area contributed by atoms with Crippen molar-refractivity contribution in [3.05, 3.63) is 12.7 Å². The van der Waals surface area contributed by atoms with Crippen LogP contribution < -0.4 is 5.32 Å². The largest absolute Gasteiger partial charge is 0.444 e. The lowest BCUT2D eigenvalue weighted by Crippen LogP contribution is -2.39. The molecule has 0 heterocycles. The number of esters is 1. The molecule has 0 fully saturated rings. The van der Waals surface area contributed by atoms with Crippen LogP contribution in [-0.4, -0.2) is 18.2 Å². The summed E-state index contributed by atoms with van der Waals surface area (Å²) < 4.78 is 5.20. The molecule has 2 atom stereocenters. The van der Waals surface area contributed by atoms with E-state index >= 15 is 0 Å². The number of unbranched alkanes of at least 4 members (excludes halogenated alkanes) is 5. The summed E-state index contributed by atoms with van der Waals surface area (Å²) in [4.78, 5) is 11.2. The molecule has 1 N–H and O–H groups in total. The van der Waals surface area contributed by atoms with Crippen molar-refractivity contribution < 1.29 is 9.53 Å². The van der Waals surface area contributed by atoms with Crippen LogP contribution >= 0.6 is 0 Å². The third-order valence-corrected chi connectivity index (χ3v) is 3.49. The summed E-state index contributed by atoms with van der Waals surface area (Å²) in [6.45, 7) is 9.76. The minimum Gasteiger partial charge on any atom is -0.444 e. The van der Waals surface area contributed by atoms with E-state index in [2.05, 4.69) is 25.7 Å². The standard InChI is InChI=1S/C17H33NO2/c1-5-8-10-12-14-16(13-11-9-6-2)18-15(4)20-17(19)7-3/h7,15-16,18H,3,5-6,8-14H2,1-2,4H3. The van der Waals surface area contributed by atoms with Gasteiger partial charge in [0.25, 0.3) is 0 Å². The van der Waals surface area contributed by atoms with E-state index in [-0.39, 0.29) is 12.2 Å². The second-order valence-electron chi connectivity index (χ2n) is 5.49. The second kappa shape index (κ2) is 13.2. The van der Waals surface area contributed by atoms with Crippen molar-refractivity contribution in [2.24, 2.45) is 0 Å². The van der Waals surface area contributed by atoms with Gasteiger partial charge in [-0.1, -0.05) is 65.4 Å². The first-order chi connectivity index (χ1) is 9.63. The molecule has 0 spiro atoms. The molecule has 0 aromatic heterocycles. The number of hydrogen-bond donors (Lipinski definition) is 1. The minimum atomic E-state index is -0.358. The van der Waals surface area contributed by atoms with Crippen molar-refractivity contribution in [3.8, 4) is 0 Å². The maximum absolute atomic E-state index is 11.2. The van der Waals surface area contributed by atoms with E-state index in [0.29, 0.717) is 6.04 Å². The van der Waals surface area contributed by atoms with Crippen molar-refractivity contribution in [3.63, 3.8) is 0 Å². The van der Waals surface area contributed by atoms with Crippen molar-refractivity contribution in [2.45, 2.75) is 90.8 Å². The lowest BCUT2D eigenvalue weighted by molar-refractivity contribution is -0.144. The Morgan fingerprint density at radius 2 is 1.65 bits per heavy atom. The number of carbonyl (C=O) groups excluding carboxylic acids is 1. The summed E-state index contributed by atoms with van der Waals surface area (Å²) in [6.07, 6.45) is 12.2. The smallest absolute Gasteiger partial charge is 0.331 e. The minimum absolute atomic E-state index is 0.238. The predicted octanol–water partition coefficient (Wildman–Crippen LogP) is 4.57.